The lowest BCUT2D eigenvalue weighted by Gasteiger charge is -1.90. The summed E-state index contributed by atoms with van der Waals surface area (Å²) in [5.74, 6) is 0.762. The molecular weight excluding hydrogens is 196 g/mol. The first kappa shape index (κ1) is 9.60. The number of nitrogens with one attached hydrogen (secondary N) is 2. The highest BCUT2D eigenvalue weighted by molar-refractivity contribution is 5.51. The number of H-pyrrole nitrogens is 1. The molecule has 0 radical (unpaired) electrons. The zero-order chi connectivity index (χ0) is 10.7. The summed E-state index contributed by atoms with van der Waals surface area (Å²) in [4.78, 5) is 18.0. The van der Waals surface area contributed by atoms with Gasteiger partial charge < -0.3 is 14.8 Å². The molecule has 0 bridgehead atoms. The van der Waals surface area contributed by atoms with E-state index >= 15 is 0 Å². The molecular formula is C9H10N4O2. The van der Waals surface area contributed by atoms with Crippen LogP contribution in [0, 0.1) is 0 Å². The molecule has 0 fully saturated rings. The van der Waals surface area contributed by atoms with Crippen LogP contribution in [0.4, 0.5) is 0 Å². The summed E-state index contributed by atoms with van der Waals surface area (Å²) >= 11 is 0. The quantitative estimate of drug-likeness (QED) is 0.746. The fourth-order valence-corrected chi connectivity index (χ4v) is 1.18. The topological polar surface area (TPSA) is 83.8 Å². The molecule has 2 aromatic heterocycles. The summed E-state index contributed by atoms with van der Waals surface area (Å²) in [5, 5.41) is 6.60. The van der Waals surface area contributed by atoms with Gasteiger partial charge >= 0.3 is 0 Å². The Balaban J connectivity index is 2.38. The van der Waals surface area contributed by atoms with Crippen LogP contribution < -0.4 is 10.9 Å². The molecule has 15 heavy (non-hydrogen) atoms. The Labute approximate surface area is 85.3 Å². The average molecular weight is 206 g/mol. The van der Waals surface area contributed by atoms with E-state index < -0.39 is 0 Å². The number of hydrogen-bond donors (Lipinski definition) is 2. The van der Waals surface area contributed by atoms with Crippen LogP contribution in [0.3, 0.4) is 0 Å². The Hall–Kier alpha value is -1.95. The number of pyridine rings is 1. The van der Waals surface area contributed by atoms with E-state index in [1.54, 1.807) is 25.4 Å². The summed E-state index contributed by atoms with van der Waals surface area (Å²) in [6, 6.07) is 3.36. The molecule has 0 atom stereocenters. The molecule has 2 heterocycles. The normalized spacial score (nSPS) is 10.5. The van der Waals surface area contributed by atoms with Crippen molar-refractivity contribution in [2.24, 2.45) is 0 Å². The SMILES string of the molecule is CNCc1nc(-c2ccc[nH]c2=O)no1. The number of hydrogen-bond acceptors (Lipinski definition) is 5. The fraction of sp³-hybridized carbons (Fsp3) is 0.222. The molecule has 2 aromatic rings. The van der Waals surface area contributed by atoms with Gasteiger partial charge in [0.1, 0.15) is 0 Å². The minimum Gasteiger partial charge on any atom is -0.338 e. The first-order chi connectivity index (χ1) is 7.31. The Morgan fingerprint density at radius 1 is 1.60 bits per heavy atom. The van der Waals surface area contributed by atoms with Crippen LogP contribution in [-0.2, 0) is 6.54 Å². The standard InChI is InChI=1S/C9H10N4O2/c1-10-5-7-12-8(13-15-7)6-3-2-4-11-9(6)14/h2-4,10H,5H2,1H3,(H,11,14). The van der Waals surface area contributed by atoms with Crippen LogP contribution >= 0.6 is 0 Å². The highest BCUT2D eigenvalue weighted by Crippen LogP contribution is 2.09. The van der Waals surface area contributed by atoms with Gasteiger partial charge in [-0.2, -0.15) is 4.98 Å². The maximum absolute atomic E-state index is 11.4. The average Bonchev–Trinajstić information content (AvgIpc) is 2.68. The fourth-order valence-electron chi connectivity index (χ4n) is 1.18. The molecule has 0 aromatic carbocycles. The molecule has 0 saturated carbocycles. The largest absolute Gasteiger partial charge is 0.338 e. The minimum atomic E-state index is -0.227. The van der Waals surface area contributed by atoms with Crippen LogP contribution in [0.1, 0.15) is 5.89 Å². The van der Waals surface area contributed by atoms with Gasteiger partial charge in [0.15, 0.2) is 0 Å². The second kappa shape index (κ2) is 4.05. The van der Waals surface area contributed by atoms with Gasteiger partial charge in [0.2, 0.25) is 11.7 Å². The second-order valence-electron chi connectivity index (χ2n) is 2.95. The second-order valence-corrected chi connectivity index (χ2v) is 2.95. The van der Waals surface area contributed by atoms with E-state index in [4.69, 9.17) is 4.52 Å². The van der Waals surface area contributed by atoms with Gasteiger partial charge in [0.05, 0.1) is 12.1 Å². The predicted molar refractivity (Wildman–Crippen MR) is 53.1 cm³/mol. The first-order valence-electron chi connectivity index (χ1n) is 4.46. The maximum atomic E-state index is 11.4. The third kappa shape index (κ3) is 1.94. The van der Waals surface area contributed by atoms with Gasteiger partial charge in [-0.3, -0.25) is 4.79 Å². The Bertz CT molecular complexity index is 503. The van der Waals surface area contributed by atoms with Crippen molar-refractivity contribution in [2.45, 2.75) is 6.54 Å². The van der Waals surface area contributed by atoms with E-state index in [9.17, 15) is 4.79 Å². The van der Waals surface area contributed by atoms with E-state index in [2.05, 4.69) is 20.4 Å². The summed E-state index contributed by atoms with van der Waals surface area (Å²) in [5.41, 5.74) is 0.179. The van der Waals surface area contributed by atoms with Gasteiger partial charge in [0, 0.05) is 6.20 Å². The highest BCUT2D eigenvalue weighted by atomic mass is 16.5. The van der Waals surface area contributed by atoms with Gasteiger partial charge in [-0.25, -0.2) is 0 Å². The lowest BCUT2D eigenvalue weighted by atomic mass is 10.3. The molecule has 0 amide bonds. The minimum absolute atomic E-state index is 0.227. The number of rotatable bonds is 3. The highest BCUT2D eigenvalue weighted by Gasteiger charge is 2.10. The summed E-state index contributed by atoms with van der Waals surface area (Å²) < 4.78 is 4.94. The summed E-state index contributed by atoms with van der Waals surface area (Å²) in [7, 11) is 1.78. The van der Waals surface area contributed by atoms with Crippen LogP contribution in [0.15, 0.2) is 27.6 Å². The molecule has 2 rings (SSSR count). The van der Waals surface area contributed by atoms with Gasteiger partial charge in [-0.05, 0) is 19.2 Å². The smallest absolute Gasteiger partial charge is 0.259 e. The van der Waals surface area contributed by atoms with Crippen molar-refractivity contribution in [3.05, 3.63) is 34.6 Å². The monoisotopic (exact) mass is 206 g/mol. The molecule has 6 nitrogen and oxygen atoms in total. The Morgan fingerprint density at radius 3 is 3.20 bits per heavy atom. The van der Waals surface area contributed by atoms with Crippen molar-refractivity contribution in [2.75, 3.05) is 7.05 Å². The van der Waals surface area contributed by atoms with E-state index in [1.165, 1.54) is 0 Å². The third-order valence-corrected chi connectivity index (χ3v) is 1.86. The molecule has 2 N–H and O–H groups in total. The van der Waals surface area contributed by atoms with E-state index in [0.717, 1.165) is 0 Å². The summed E-state index contributed by atoms with van der Waals surface area (Å²) in [6.07, 6.45) is 1.56. The molecule has 0 aliphatic carbocycles. The van der Waals surface area contributed by atoms with Gasteiger partial charge in [0.25, 0.3) is 5.56 Å². The molecule has 0 unspecified atom stereocenters. The first-order valence-corrected chi connectivity index (χ1v) is 4.46. The van der Waals surface area contributed by atoms with Crippen molar-refractivity contribution >= 4 is 0 Å². The lowest BCUT2D eigenvalue weighted by Crippen LogP contribution is -2.08. The van der Waals surface area contributed by atoms with Crippen LogP contribution in [-0.4, -0.2) is 22.2 Å². The van der Waals surface area contributed by atoms with Crippen LogP contribution in [0.25, 0.3) is 11.4 Å². The van der Waals surface area contributed by atoms with Crippen molar-refractivity contribution in [1.82, 2.24) is 20.4 Å². The van der Waals surface area contributed by atoms with E-state index in [0.29, 0.717) is 23.8 Å². The zero-order valence-electron chi connectivity index (χ0n) is 8.15. The number of aromatic nitrogens is 3. The van der Waals surface area contributed by atoms with Crippen molar-refractivity contribution in [1.29, 1.82) is 0 Å². The summed E-state index contributed by atoms with van der Waals surface area (Å²) in [6.45, 7) is 0.484. The molecule has 0 aliphatic heterocycles. The van der Waals surface area contributed by atoms with Gasteiger partial charge in [-0.1, -0.05) is 5.16 Å². The van der Waals surface area contributed by atoms with E-state index in [1.807, 2.05) is 0 Å². The van der Waals surface area contributed by atoms with Gasteiger partial charge in [-0.15, -0.1) is 0 Å². The third-order valence-electron chi connectivity index (χ3n) is 1.86. The molecule has 0 saturated heterocycles. The van der Waals surface area contributed by atoms with Crippen molar-refractivity contribution < 1.29 is 4.52 Å². The predicted octanol–water partition coefficient (Wildman–Crippen LogP) is 0.144. The molecule has 0 spiro atoms. The molecule has 0 aliphatic rings. The number of aromatic amines is 1. The van der Waals surface area contributed by atoms with Crippen LogP contribution in [0.2, 0.25) is 0 Å². The van der Waals surface area contributed by atoms with Crippen LogP contribution in [0.5, 0.6) is 0 Å². The van der Waals surface area contributed by atoms with E-state index in [-0.39, 0.29) is 5.56 Å². The van der Waals surface area contributed by atoms with Crippen molar-refractivity contribution in [3.63, 3.8) is 0 Å². The van der Waals surface area contributed by atoms with Crippen molar-refractivity contribution in [3.8, 4) is 11.4 Å². The Kier molecular flexibility index (Phi) is 2.59. The maximum Gasteiger partial charge on any atom is 0.259 e. The zero-order valence-corrected chi connectivity index (χ0v) is 8.15. The lowest BCUT2D eigenvalue weighted by molar-refractivity contribution is 0.372. The Morgan fingerprint density at radius 2 is 2.47 bits per heavy atom. The molecule has 78 valence electrons. The number of nitrogens with zero attached hydrogens (tertiary/aromatic N) is 2. The molecule has 6 heteroatoms.